The Labute approximate surface area is 192 Å². The van der Waals surface area contributed by atoms with Gasteiger partial charge in [-0.3, -0.25) is 9.52 Å². The standard InChI is InChI=1S/C24H24N4O4S/c29-23-19-7-5-6-18-21(13-12-20(26-23)22(18)19)33(31,32)27-17-10-8-16(9-11-17)25-24(30)28-14-3-1-2-4-15-28/h5-13,27H,1-4,14-15H2,(H,25,30)(H,26,29). The highest BCUT2D eigenvalue weighted by atomic mass is 32.2. The van der Waals surface area contributed by atoms with E-state index in [2.05, 4.69) is 15.4 Å². The van der Waals surface area contributed by atoms with E-state index in [4.69, 9.17) is 0 Å². The number of nitrogens with one attached hydrogen (secondary N) is 3. The van der Waals surface area contributed by atoms with E-state index in [1.807, 2.05) is 4.90 Å². The van der Waals surface area contributed by atoms with Gasteiger partial charge in [-0.15, -0.1) is 0 Å². The number of nitrogens with zero attached hydrogens (tertiary/aromatic N) is 1. The first-order chi connectivity index (χ1) is 15.9. The third-order valence-corrected chi connectivity index (χ3v) is 7.50. The number of amides is 3. The van der Waals surface area contributed by atoms with Crippen LogP contribution in [0.5, 0.6) is 0 Å². The first-order valence-corrected chi connectivity index (χ1v) is 12.5. The van der Waals surface area contributed by atoms with E-state index >= 15 is 0 Å². The molecule has 0 spiro atoms. The number of urea groups is 1. The Morgan fingerprint density at radius 3 is 2.30 bits per heavy atom. The third-order valence-electron chi connectivity index (χ3n) is 6.06. The van der Waals surface area contributed by atoms with Crippen LogP contribution in [-0.4, -0.2) is 38.3 Å². The normalized spacial score (nSPS) is 15.8. The second-order valence-electron chi connectivity index (χ2n) is 8.31. The summed E-state index contributed by atoms with van der Waals surface area (Å²) in [6, 6.07) is 14.6. The Balaban J connectivity index is 1.34. The zero-order valence-corrected chi connectivity index (χ0v) is 18.7. The highest BCUT2D eigenvalue weighted by Crippen LogP contribution is 2.37. The molecule has 0 bridgehead atoms. The number of benzene rings is 3. The minimum absolute atomic E-state index is 0.0955. The SMILES string of the molecule is O=C1Nc2ccc(S(=O)(=O)Nc3ccc(NC(=O)N4CCCCCC4)cc3)c3cccc1c23. The molecule has 0 unspecified atom stereocenters. The molecular formula is C24H24N4O4S. The van der Waals surface area contributed by atoms with Gasteiger partial charge >= 0.3 is 6.03 Å². The fourth-order valence-electron chi connectivity index (χ4n) is 4.41. The molecule has 2 aliphatic rings. The van der Waals surface area contributed by atoms with Crippen LogP contribution in [0, 0.1) is 0 Å². The van der Waals surface area contributed by atoms with Crippen LogP contribution < -0.4 is 15.4 Å². The third kappa shape index (κ3) is 4.11. The first kappa shape index (κ1) is 21.3. The van der Waals surface area contributed by atoms with Gasteiger partial charge < -0.3 is 15.5 Å². The van der Waals surface area contributed by atoms with Crippen LogP contribution >= 0.6 is 0 Å². The fraction of sp³-hybridized carbons (Fsp3) is 0.250. The van der Waals surface area contributed by atoms with Crippen LogP contribution in [0.25, 0.3) is 10.8 Å². The van der Waals surface area contributed by atoms with Crippen molar-refractivity contribution in [3.05, 3.63) is 60.2 Å². The lowest BCUT2D eigenvalue weighted by Crippen LogP contribution is -2.35. The highest BCUT2D eigenvalue weighted by molar-refractivity contribution is 7.93. The van der Waals surface area contributed by atoms with E-state index in [1.54, 1.807) is 48.5 Å². The van der Waals surface area contributed by atoms with Crippen molar-refractivity contribution in [1.29, 1.82) is 0 Å². The van der Waals surface area contributed by atoms with Crippen molar-refractivity contribution < 1.29 is 18.0 Å². The van der Waals surface area contributed by atoms with E-state index in [0.29, 0.717) is 33.4 Å². The van der Waals surface area contributed by atoms with Gasteiger partial charge in [-0.1, -0.05) is 25.0 Å². The average molecular weight is 465 g/mol. The number of hydrogen-bond acceptors (Lipinski definition) is 4. The minimum atomic E-state index is -3.90. The maximum absolute atomic E-state index is 13.1. The molecule has 1 fully saturated rings. The summed E-state index contributed by atoms with van der Waals surface area (Å²) < 4.78 is 28.9. The summed E-state index contributed by atoms with van der Waals surface area (Å²) in [5.74, 6) is -0.240. The molecule has 8 nitrogen and oxygen atoms in total. The summed E-state index contributed by atoms with van der Waals surface area (Å²) in [6.45, 7) is 1.50. The summed E-state index contributed by atoms with van der Waals surface area (Å²) >= 11 is 0. The second kappa shape index (κ2) is 8.40. The molecule has 0 aromatic heterocycles. The van der Waals surface area contributed by atoms with Gasteiger partial charge in [-0.25, -0.2) is 13.2 Å². The summed E-state index contributed by atoms with van der Waals surface area (Å²) in [4.78, 5) is 26.5. The number of likely N-dealkylation sites (tertiary alicyclic amines) is 1. The lowest BCUT2D eigenvalue weighted by Gasteiger charge is -2.20. The Kier molecular flexibility index (Phi) is 5.41. The van der Waals surface area contributed by atoms with Crippen molar-refractivity contribution in [3.63, 3.8) is 0 Å². The molecule has 2 heterocycles. The van der Waals surface area contributed by atoms with Crippen molar-refractivity contribution in [1.82, 2.24) is 4.90 Å². The van der Waals surface area contributed by atoms with Crippen molar-refractivity contribution in [2.24, 2.45) is 0 Å². The van der Waals surface area contributed by atoms with Gasteiger partial charge in [0, 0.05) is 46.5 Å². The quantitative estimate of drug-likeness (QED) is 0.524. The number of sulfonamides is 1. The fourth-order valence-corrected chi connectivity index (χ4v) is 5.67. The molecule has 0 saturated carbocycles. The van der Waals surface area contributed by atoms with Crippen LogP contribution in [0.3, 0.4) is 0 Å². The summed E-state index contributed by atoms with van der Waals surface area (Å²) in [7, 11) is -3.90. The Morgan fingerprint density at radius 2 is 1.58 bits per heavy atom. The molecule has 3 N–H and O–H groups in total. The van der Waals surface area contributed by atoms with Crippen molar-refractivity contribution >= 4 is 49.8 Å². The van der Waals surface area contributed by atoms with Crippen LogP contribution in [0.4, 0.5) is 21.9 Å². The number of rotatable bonds is 4. The molecule has 0 radical (unpaired) electrons. The number of carbonyl (C=O) groups is 2. The highest BCUT2D eigenvalue weighted by Gasteiger charge is 2.26. The molecule has 3 amide bonds. The summed E-state index contributed by atoms with van der Waals surface area (Å²) in [6.07, 6.45) is 4.31. The number of anilines is 3. The molecule has 170 valence electrons. The van der Waals surface area contributed by atoms with Crippen LogP contribution in [0.15, 0.2) is 59.5 Å². The molecule has 0 atom stereocenters. The minimum Gasteiger partial charge on any atom is -0.325 e. The smallest absolute Gasteiger partial charge is 0.321 e. The zero-order chi connectivity index (χ0) is 23.0. The van der Waals surface area contributed by atoms with Gasteiger partial charge in [-0.2, -0.15) is 0 Å². The van der Waals surface area contributed by atoms with Crippen LogP contribution in [-0.2, 0) is 10.0 Å². The van der Waals surface area contributed by atoms with Crippen molar-refractivity contribution in [2.75, 3.05) is 28.4 Å². The van der Waals surface area contributed by atoms with Crippen LogP contribution in [0.1, 0.15) is 36.0 Å². The van der Waals surface area contributed by atoms with Crippen LogP contribution in [0.2, 0.25) is 0 Å². The summed E-state index contributed by atoms with van der Waals surface area (Å²) in [5, 5.41) is 6.73. The lowest BCUT2D eigenvalue weighted by molar-refractivity contribution is 0.103. The van der Waals surface area contributed by atoms with E-state index in [1.165, 1.54) is 6.07 Å². The lowest BCUT2D eigenvalue weighted by atomic mass is 10.1. The first-order valence-electron chi connectivity index (χ1n) is 11.0. The van der Waals surface area contributed by atoms with Gasteiger partial charge in [-0.05, 0) is 55.3 Å². The monoisotopic (exact) mass is 464 g/mol. The molecule has 1 saturated heterocycles. The largest absolute Gasteiger partial charge is 0.325 e. The Bertz CT molecular complexity index is 1340. The maximum atomic E-state index is 13.1. The van der Waals surface area contributed by atoms with Gasteiger partial charge in [0.1, 0.15) is 0 Å². The number of carbonyl (C=O) groups excluding carboxylic acids is 2. The van der Waals surface area contributed by atoms with E-state index in [0.717, 1.165) is 38.8 Å². The predicted octanol–water partition coefficient (Wildman–Crippen LogP) is 4.61. The van der Waals surface area contributed by atoms with Gasteiger partial charge in [0.2, 0.25) is 0 Å². The van der Waals surface area contributed by atoms with Crippen molar-refractivity contribution in [3.8, 4) is 0 Å². The molecular weight excluding hydrogens is 440 g/mol. The maximum Gasteiger partial charge on any atom is 0.321 e. The molecule has 3 aromatic rings. The molecule has 33 heavy (non-hydrogen) atoms. The molecule has 2 aliphatic heterocycles. The molecule has 3 aromatic carbocycles. The molecule has 5 rings (SSSR count). The Hall–Kier alpha value is -3.59. The van der Waals surface area contributed by atoms with Gasteiger partial charge in [0.05, 0.1) is 4.90 Å². The predicted molar refractivity (Wildman–Crippen MR) is 128 cm³/mol. The second-order valence-corrected chi connectivity index (χ2v) is 9.96. The zero-order valence-electron chi connectivity index (χ0n) is 17.9. The van der Waals surface area contributed by atoms with Crippen molar-refractivity contribution in [2.45, 2.75) is 30.6 Å². The van der Waals surface area contributed by atoms with E-state index < -0.39 is 10.0 Å². The average Bonchev–Trinajstić information content (AvgIpc) is 2.97. The molecule has 0 aliphatic carbocycles. The Morgan fingerprint density at radius 1 is 0.879 bits per heavy atom. The van der Waals surface area contributed by atoms with E-state index in [-0.39, 0.29) is 16.8 Å². The van der Waals surface area contributed by atoms with E-state index in [9.17, 15) is 18.0 Å². The molecule has 9 heteroatoms. The number of hydrogen-bond donors (Lipinski definition) is 3. The van der Waals surface area contributed by atoms with Gasteiger partial charge in [0.25, 0.3) is 15.9 Å². The van der Waals surface area contributed by atoms with Gasteiger partial charge in [0.15, 0.2) is 0 Å². The topological polar surface area (TPSA) is 108 Å². The summed E-state index contributed by atoms with van der Waals surface area (Å²) in [5.41, 5.74) is 2.04.